The number of halogens is 3. The van der Waals surface area contributed by atoms with Gasteiger partial charge in [0.15, 0.2) is 0 Å². The maximum atomic E-state index is 12.7. The molecule has 4 rings (SSSR count). The van der Waals surface area contributed by atoms with Crippen molar-refractivity contribution in [1.29, 1.82) is 0 Å². The Kier molecular flexibility index (Phi) is 4.44. The van der Waals surface area contributed by atoms with E-state index in [2.05, 4.69) is 9.97 Å². The predicted molar refractivity (Wildman–Crippen MR) is 88.4 cm³/mol. The Morgan fingerprint density at radius 2 is 1.43 bits per heavy atom. The second-order valence-electron chi connectivity index (χ2n) is 4.80. The molecule has 0 N–H and O–H groups in total. The van der Waals surface area contributed by atoms with E-state index in [4.69, 9.17) is 11.6 Å². The first-order valence-corrected chi connectivity index (χ1v) is 7.23. The van der Waals surface area contributed by atoms with Gasteiger partial charge in [-0.3, -0.25) is 0 Å². The molecule has 23 heavy (non-hydrogen) atoms. The average Bonchev–Trinajstić information content (AvgIpc) is 2.55. The quantitative estimate of drug-likeness (QED) is 0.404. The van der Waals surface area contributed by atoms with Crippen molar-refractivity contribution < 1.29 is 8.78 Å². The van der Waals surface area contributed by atoms with Gasteiger partial charge in [-0.1, -0.05) is 29.8 Å². The minimum atomic E-state index is -0.427. The number of hydrogen-bond donors (Lipinski definition) is 0. The summed E-state index contributed by atoms with van der Waals surface area (Å²) in [5, 5.41) is 2.16. The van der Waals surface area contributed by atoms with E-state index in [0.29, 0.717) is 16.2 Å². The third kappa shape index (κ3) is 3.79. The largest absolute Gasteiger partial charge is 0.236 e. The summed E-state index contributed by atoms with van der Waals surface area (Å²) < 4.78 is 25.2. The summed E-state index contributed by atoms with van der Waals surface area (Å²) in [7, 11) is 0. The lowest BCUT2D eigenvalue weighted by Gasteiger charge is -1.96. The Morgan fingerprint density at radius 3 is 2.30 bits per heavy atom. The average molecular weight is 329 g/mol. The van der Waals surface area contributed by atoms with Crippen LogP contribution in [0.4, 0.5) is 8.78 Å². The summed E-state index contributed by atoms with van der Waals surface area (Å²) in [6, 6.07) is 18.3. The van der Waals surface area contributed by atoms with Crippen LogP contribution in [-0.2, 0) is 0 Å². The molecular formula is C18H11ClF2N2. The molecule has 114 valence electrons. The van der Waals surface area contributed by atoms with Gasteiger partial charge in [-0.2, -0.15) is 4.39 Å². The van der Waals surface area contributed by atoms with Crippen molar-refractivity contribution >= 4 is 33.4 Å². The molecule has 0 saturated heterocycles. The second-order valence-corrected chi connectivity index (χ2v) is 5.18. The first-order valence-electron chi connectivity index (χ1n) is 6.85. The van der Waals surface area contributed by atoms with Crippen molar-refractivity contribution in [2.24, 2.45) is 0 Å². The third-order valence-electron chi connectivity index (χ3n) is 3.18. The Bertz CT molecular complexity index is 932. The molecule has 2 aromatic carbocycles. The molecule has 0 atom stereocenters. The van der Waals surface area contributed by atoms with Crippen molar-refractivity contribution in [3.63, 3.8) is 0 Å². The number of aromatic nitrogens is 2. The van der Waals surface area contributed by atoms with E-state index in [-0.39, 0.29) is 5.82 Å². The number of para-hydroxylation sites is 1. The number of hydrogen-bond acceptors (Lipinski definition) is 2. The zero-order valence-corrected chi connectivity index (χ0v) is 12.6. The summed E-state index contributed by atoms with van der Waals surface area (Å²) in [4.78, 5) is 7.72. The fraction of sp³-hybridized carbons (Fsp3) is 0. The van der Waals surface area contributed by atoms with Gasteiger partial charge in [0, 0.05) is 10.8 Å². The van der Waals surface area contributed by atoms with Gasteiger partial charge in [-0.25, -0.2) is 14.4 Å². The maximum absolute atomic E-state index is 12.7. The molecule has 0 radical (unpaired) electrons. The van der Waals surface area contributed by atoms with Gasteiger partial charge in [0.1, 0.15) is 11.0 Å². The van der Waals surface area contributed by atoms with Crippen molar-refractivity contribution in [3.8, 4) is 0 Å². The molecule has 0 fully saturated rings. The summed E-state index contributed by atoms with van der Waals surface area (Å²) in [6.07, 6.45) is 0. The van der Waals surface area contributed by atoms with Crippen LogP contribution in [0.5, 0.6) is 0 Å². The SMILES string of the molecule is Fc1ccc2ccccc2n1.Fc1ccc2nc(Cl)ccc2c1. The number of benzene rings is 2. The zero-order chi connectivity index (χ0) is 16.2. The van der Waals surface area contributed by atoms with Crippen LogP contribution in [0.1, 0.15) is 0 Å². The monoisotopic (exact) mass is 328 g/mol. The lowest BCUT2D eigenvalue weighted by atomic mass is 10.2. The van der Waals surface area contributed by atoms with E-state index >= 15 is 0 Å². The molecule has 0 saturated carbocycles. The van der Waals surface area contributed by atoms with Gasteiger partial charge in [-0.05, 0) is 48.5 Å². The van der Waals surface area contributed by atoms with Crippen LogP contribution in [-0.4, -0.2) is 9.97 Å². The highest BCUT2D eigenvalue weighted by molar-refractivity contribution is 6.29. The highest BCUT2D eigenvalue weighted by Crippen LogP contribution is 2.16. The lowest BCUT2D eigenvalue weighted by molar-refractivity contribution is 0.589. The standard InChI is InChI=1S/C9H5ClFN.C9H6FN/c10-9-4-1-6-5-7(11)2-3-8(6)12-9;10-9-6-5-7-3-1-2-4-8(7)11-9/h1-5H;1-6H. The Balaban J connectivity index is 0.000000136. The van der Waals surface area contributed by atoms with Gasteiger partial charge in [0.2, 0.25) is 5.95 Å². The van der Waals surface area contributed by atoms with Crippen molar-refractivity contribution in [2.45, 2.75) is 0 Å². The highest BCUT2D eigenvalue weighted by atomic mass is 35.5. The second kappa shape index (κ2) is 6.67. The summed E-state index contributed by atoms with van der Waals surface area (Å²) >= 11 is 5.65. The van der Waals surface area contributed by atoms with E-state index in [9.17, 15) is 8.78 Å². The van der Waals surface area contributed by atoms with Crippen LogP contribution < -0.4 is 0 Å². The van der Waals surface area contributed by atoms with E-state index in [0.717, 1.165) is 10.8 Å². The highest BCUT2D eigenvalue weighted by Gasteiger charge is 1.97. The van der Waals surface area contributed by atoms with Crippen LogP contribution in [0.15, 0.2) is 66.7 Å². The molecule has 0 aliphatic heterocycles. The smallest absolute Gasteiger partial charge is 0.213 e. The van der Waals surface area contributed by atoms with Crippen LogP contribution >= 0.6 is 11.6 Å². The van der Waals surface area contributed by atoms with Gasteiger partial charge >= 0.3 is 0 Å². The summed E-state index contributed by atoms with van der Waals surface area (Å²) in [5.74, 6) is -0.685. The molecule has 0 amide bonds. The minimum absolute atomic E-state index is 0.258. The summed E-state index contributed by atoms with van der Waals surface area (Å²) in [6.45, 7) is 0. The molecule has 0 aliphatic rings. The van der Waals surface area contributed by atoms with Crippen molar-refractivity contribution in [1.82, 2.24) is 9.97 Å². The first-order chi connectivity index (χ1) is 11.1. The summed E-state index contributed by atoms with van der Waals surface area (Å²) in [5.41, 5.74) is 1.41. The lowest BCUT2D eigenvalue weighted by Crippen LogP contribution is -1.81. The molecule has 5 heteroatoms. The van der Waals surface area contributed by atoms with Gasteiger partial charge < -0.3 is 0 Å². The van der Waals surface area contributed by atoms with E-state index in [1.165, 1.54) is 18.2 Å². The Hall–Kier alpha value is -2.59. The van der Waals surface area contributed by atoms with Gasteiger partial charge in [0.05, 0.1) is 11.0 Å². The molecule has 2 nitrogen and oxygen atoms in total. The van der Waals surface area contributed by atoms with Gasteiger partial charge in [-0.15, -0.1) is 0 Å². The van der Waals surface area contributed by atoms with Crippen molar-refractivity contribution in [2.75, 3.05) is 0 Å². The van der Waals surface area contributed by atoms with E-state index in [1.54, 1.807) is 30.3 Å². The molecule has 0 aliphatic carbocycles. The van der Waals surface area contributed by atoms with E-state index in [1.807, 2.05) is 18.2 Å². The normalized spacial score (nSPS) is 10.4. The van der Waals surface area contributed by atoms with E-state index < -0.39 is 5.95 Å². The van der Waals surface area contributed by atoms with Crippen LogP contribution in [0, 0.1) is 11.8 Å². The molecule has 0 spiro atoms. The molecule has 2 heterocycles. The minimum Gasteiger partial charge on any atom is -0.236 e. The maximum Gasteiger partial charge on any atom is 0.213 e. The number of nitrogens with zero attached hydrogens (tertiary/aromatic N) is 2. The van der Waals surface area contributed by atoms with Crippen molar-refractivity contribution in [3.05, 3.63) is 83.6 Å². The Morgan fingerprint density at radius 1 is 0.696 bits per heavy atom. The molecular weight excluding hydrogens is 318 g/mol. The fourth-order valence-corrected chi connectivity index (χ4v) is 2.27. The molecule has 0 bridgehead atoms. The topological polar surface area (TPSA) is 25.8 Å². The third-order valence-corrected chi connectivity index (χ3v) is 3.39. The Labute approximate surface area is 136 Å². The zero-order valence-electron chi connectivity index (χ0n) is 11.9. The first kappa shape index (κ1) is 15.3. The molecule has 4 aromatic rings. The van der Waals surface area contributed by atoms with Crippen LogP contribution in [0.2, 0.25) is 5.15 Å². The predicted octanol–water partition coefficient (Wildman–Crippen LogP) is 5.40. The number of fused-ring (bicyclic) bond motifs is 2. The van der Waals surface area contributed by atoms with Gasteiger partial charge in [0.25, 0.3) is 0 Å². The molecule has 0 unspecified atom stereocenters. The van der Waals surface area contributed by atoms with Crippen LogP contribution in [0.25, 0.3) is 21.8 Å². The number of pyridine rings is 2. The molecule has 2 aromatic heterocycles. The number of rotatable bonds is 0. The van der Waals surface area contributed by atoms with Crippen LogP contribution in [0.3, 0.4) is 0 Å². The fourth-order valence-electron chi connectivity index (χ4n) is 2.11.